The van der Waals surface area contributed by atoms with Crippen molar-refractivity contribution in [1.29, 1.82) is 0 Å². The number of alkyl carbamates (subject to hydrolysis) is 1. The van der Waals surface area contributed by atoms with E-state index in [0.29, 0.717) is 0 Å². The summed E-state index contributed by atoms with van der Waals surface area (Å²) in [7, 11) is 2.09. The molecule has 1 N–H and O–H groups in total. The van der Waals surface area contributed by atoms with E-state index in [2.05, 4.69) is 17.3 Å². The predicted octanol–water partition coefficient (Wildman–Crippen LogP) is 1.61. The van der Waals surface area contributed by atoms with Crippen molar-refractivity contribution in [1.82, 2.24) is 10.2 Å². The molecule has 1 rings (SSSR count). The summed E-state index contributed by atoms with van der Waals surface area (Å²) in [6.07, 6.45) is 1.53. The van der Waals surface area contributed by atoms with Crippen LogP contribution in [-0.2, 0) is 4.74 Å². The van der Waals surface area contributed by atoms with Gasteiger partial charge in [0.1, 0.15) is 5.60 Å². The Bertz CT molecular complexity index is 221. The first-order valence-electron chi connectivity index (χ1n) is 5.59. The number of piperidine rings is 1. The number of hydrogen-bond donors (Lipinski definition) is 1. The fraction of sp³-hybridized carbons (Fsp3) is 0.909. The second-order valence-electron chi connectivity index (χ2n) is 4.94. The van der Waals surface area contributed by atoms with Gasteiger partial charge in [0.25, 0.3) is 0 Å². The molecule has 4 heteroatoms. The zero-order valence-corrected chi connectivity index (χ0v) is 10.2. The van der Waals surface area contributed by atoms with Crippen molar-refractivity contribution < 1.29 is 9.53 Å². The zero-order valence-electron chi connectivity index (χ0n) is 10.2. The van der Waals surface area contributed by atoms with Crippen molar-refractivity contribution in [2.24, 2.45) is 0 Å². The third kappa shape index (κ3) is 4.08. The van der Waals surface area contributed by atoms with E-state index in [4.69, 9.17) is 4.74 Å². The molecule has 1 fully saturated rings. The second kappa shape index (κ2) is 4.84. The van der Waals surface area contributed by atoms with Gasteiger partial charge in [0.15, 0.2) is 0 Å². The van der Waals surface area contributed by atoms with Gasteiger partial charge >= 0.3 is 6.09 Å². The largest absolute Gasteiger partial charge is 0.443 e. The summed E-state index contributed by atoms with van der Waals surface area (Å²) in [4.78, 5) is 13.7. The number of carbonyl (C=O) groups excluding carboxylic acids is 1. The molecule has 1 heterocycles. The van der Waals surface area contributed by atoms with Crippen LogP contribution in [0.5, 0.6) is 0 Å². The van der Waals surface area contributed by atoms with E-state index in [1.54, 1.807) is 0 Å². The van der Waals surface area contributed by atoms with Crippen molar-refractivity contribution in [3.8, 4) is 0 Å². The standard InChI is InChI=1S/C11H22N2O2/c1-9(2)12-10(14)15-11(3)5-7-13(4)8-6-11/h9H,5-8H2,1-4H3,(H,12,14). The Balaban J connectivity index is 2.39. The van der Waals surface area contributed by atoms with Crippen LogP contribution >= 0.6 is 0 Å². The summed E-state index contributed by atoms with van der Waals surface area (Å²) < 4.78 is 5.46. The minimum atomic E-state index is -0.294. The molecule has 0 spiro atoms. The lowest BCUT2D eigenvalue weighted by molar-refractivity contribution is -0.0183. The molecule has 0 aromatic rings. The summed E-state index contributed by atoms with van der Waals surface area (Å²) >= 11 is 0. The van der Waals surface area contributed by atoms with E-state index in [-0.39, 0.29) is 17.7 Å². The van der Waals surface area contributed by atoms with E-state index < -0.39 is 0 Å². The Morgan fingerprint density at radius 3 is 2.40 bits per heavy atom. The highest BCUT2D eigenvalue weighted by atomic mass is 16.6. The third-order valence-electron chi connectivity index (χ3n) is 2.79. The minimum Gasteiger partial charge on any atom is -0.443 e. The van der Waals surface area contributed by atoms with Gasteiger partial charge in [-0.3, -0.25) is 0 Å². The van der Waals surface area contributed by atoms with Gasteiger partial charge in [0.05, 0.1) is 0 Å². The third-order valence-corrected chi connectivity index (χ3v) is 2.79. The van der Waals surface area contributed by atoms with Gasteiger partial charge < -0.3 is 15.0 Å². The van der Waals surface area contributed by atoms with E-state index in [1.807, 2.05) is 20.8 Å². The summed E-state index contributed by atoms with van der Waals surface area (Å²) in [6, 6.07) is 0.132. The topological polar surface area (TPSA) is 41.6 Å². The van der Waals surface area contributed by atoms with Gasteiger partial charge in [0, 0.05) is 19.1 Å². The van der Waals surface area contributed by atoms with Crippen LogP contribution in [0.2, 0.25) is 0 Å². The molecule has 1 aliphatic rings. The molecule has 1 amide bonds. The Hall–Kier alpha value is -0.770. The molecular weight excluding hydrogens is 192 g/mol. The molecule has 0 atom stereocenters. The molecule has 0 aliphatic carbocycles. The average molecular weight is 214 g/mol. The molecule has 15 heavy (non-hydrogen) atoms. The van der Waals surface area contributed by atoms with Crippen LogP contribution in [-0.4, -0.2) is 42.8 Å². The zero-order chi connectivity index (χ0) is 11.5. The number of nitrogens with zero attached hydrogens (tertiary/aromatic N) is 1. The highest BCUT2D eigenvalue weighted by molar-refractivity contribution is 5.68. The number of carbonyl (C=O) groups is 1. The number of likely N-dealkylation sites (tertiary alicyclic amines) is 1. The molecule has 0 saturated carbocycles. The van der Waals surface area contributed by atoms with Gasteiger partial charge in [-0.1, -0.05) is 0 Å². The molecule has 88 valence electrons. The van der Waals surface area contributed by atoms with Crippen molar-refractivity contribution in [2.45, 2.75) is 45.3 Å². The summed E-state index contributed by atoms with van der Waals surface area (Å²) in [5.74, 6) is 0. The Labute approximate surface area is 92.0 Å². The molecule has 0 radical (unpaired) electrons. The summed E-state index contributed by atoms with van der Waals surface area (Å²) in [5, 5.41) is 2.75. The number of ether oxygens (including phenoxy) is 1. The quantitative estimate of drug-likeness (QED) is 0.759. The van der Waals surface area contributed by atoms with Gasteiger partial charge in [-0.05, 0) is 40.7 Å². The molecule has 0 bridgehead atoms. The maximum atomic E-state index is 11.5. The van der Waals surface area contributed by atoms with Crippen LogP contribution in [0.15, 0.2) is 0 Å². The monoisotopic (exact) mass is 214 g/mol. The molecule has 1 aliphatic heterocycles. The van der Waals surface area contributed by atoms with E-state index in [0.717, 1.165) is 25.9 Å². The van der Waals surface area contributed by atoms with Gasteiger partial charge in [-0.2, -0.15) is 0 Å². The fourth-order valence-electron chi connectivity index (χ4n) is 1.68. The van der Waals surface area contributed by atoms with Crippen LogP contribution in [0.3, 0.4) is 0 Å². The lowest BCUT2D eigenvalue weighted by Gasteiger charge is -2.37. The average Bonchev–Trinajstić information content (AvgIpc) is 2.09. The van der Waals surface area contributed by atoms with Crippen LogP contribution in [0, 0.1) is 0 Å². The molecular formula is C11H22N2O2. The highest BCUT2D eigenvalue weighted by Gasteiger charge is 2.32. The smallest absolute Gasteiger partial charge is 0.407 e. The van der Waals surface area contributed by atoms with Crippen molar-refractivity contribution in [3.63, 3.8) is 0 Å². The van der Waals surface area contributed by atoms with E-state index >= 15 is 0 Å². The molecule has 4 nitrogen and oxygen atoms in total. The number of nitrogens with one attached hydrogen (secondary N) is 1. The highest BCUT2D eigenvalue weighted by Crippen LogP contribution is 2.25. The number of hydrogen-bond acceptors (Lipinski definition) is 3. The summed E-state index contributed by atoms with van der Waals surface area (Å²) in [6.45, 7) is 7.85. The second-order valence-corrected chi connectivity index (χ2v) is 4.94. The Morgan fingerprint density at radius 1 is 1.40 bits per heavy atom. The minimum absolute atomic E-state index is 0.132. The van der Waals surface area contributed by atoms with E-state index in [9.17, 15) is 4.79 Å². The van der Waals surface area contributed by atoms with Crippen LogP contribution < -0.4 is 5.32 Å². The lowest BCUT2D eigenvalue weighted by atomic mass is 9.94. The normalized spacial score (nSPS) is 21.4. The first kappa shape index (κ1) is 12.3. The fourth-order valence-corrected chi connectivity index (χ4v) is 1.68. The first-order valence-corrected chi connectivity index (χ1v) is 5.59. The van der Waals surface area contributed by atoms with Crippen LogP contribution in [0.1, 0.15) is 33.6 Å². The number of rotatable bonds is 2. The molecule has 0 unspecified atom stereocenters. The first-order chi connectivity index (χ1) is 6.91. The predicted molar refractivity (Wildman–Crippen MR) is 59.9 cm³/mol. The van der Waals surface area contributed by atoms with Crippen molar-refractivity contribution >= 4 is 6.09 Å². The maximum absolute atomic E-state index is 11.5. The lowest BCUT2D eigenvalue weighted by Crippen LogP contribution is -2.46. The van der Waals surface area contributed by atoms with Crippen molar-refractivity contribution in [2.75, 3.05) is 20.1 Å². The van der Waals surface area contributed by atoms with Crippen molar-refractivity contribution in [3.05, 3.63) is 0 Å². The molecule has 0 aromatic heterocycles. The maximum Gasteiger partial charge on any atom is 0.407 e. The summed E-state index contributed by atoms with van der Waals surface area (Å²) in [5.41, 5.74) is -0.286. The Kier molecular flexibility index (Phi) is 3.97. The molecule has 0 aromatic carbocycles. The van der Waals surface area contributed by atoms with Crippen LogP contribution in [0.4, 0.5) is 4.79 Å². The van der Waals surface area contributed by atoms with Gasteiger partial charge in [0.2, 0.25) is 0 Å². The SMILES string of the molecule is CC(C)NC(=O)OC1(C)CCN(C)CC1. The van der Waals surface area contributed by atoms with Gasteiger partial charge in [-0.15, -0.1) is 0 Å². The number of amides is 1. The van der Waals surface area contributed by atoms with Crippen LogP contribution in [0.25, 0.3) is 0 Å². The van der Waals surface area contributed by atoms with E-state index in [1.165, 1.54) is 0 Å². The molecule has 1 saturated heterocycles. The Morgan fingerprint density at radius 2 is 1.93 bits per heavy atom. The van der Waals surface area contributed by atoms with Gasteiger partial charge in [-0.25, -0.2) is 4.79 Å².